The summed E-state index contributed by atoms with van der Waals surface area (Å²) >= 11 is 3.74. The molecule has 1 aliphatic heterocycles. The summed E-state index contributed by atoms with van der Waals surface area (Å²) in [5, 5.41) is 3.46. The second-order valence-corrected chi connectivity index (χ2v) is 6.95. The van der Waals surface area contributed by atoms with Gasteiger partial charge in [-0.1, -0.05) is 19.9 Å². The van der Waals surface area contributed by atoms with Gasteiger partial charge in [-0.25, -0.2) is 0 Å². The van der Waals surface area contributed by atoms with Gasteiger partial charge in [0.15, 0.2) is 0 Å². The molecule has 4 heteroatoms. The van der Waals surface area contributed by atoms with E-state index in [-0.39, 0.29) is 0 Å². The summed E-state index contributed by atoms with van der Waals surface area (Å²) in [6, 6.07) is 7.86. The molecule has 0 bridgehead atoms. The lowest BCUT2D eigenvalue weighted by Gasteiger charge is -2.39. The standard InChI is InChI=1S/C16H26BrN3/c1-12(2)18-10-14-5-6-16(15(17)9-14)20-8-7-19(4)13(3)11-20/h5-6,9,12-13,18H,7-8,10-11H2,1-4H3. The van der Waals surface area contributed by atoms with Gasteiger partial charge in [0, 0.05) is 42.7 Å². The van der Waals surface area contributed by atoms with Crippen LogP contribution < -0.4 is 10.2 Å². The number of benzene rings is 1. The van der Waals surface area contributed by atoms with E-state index in [2.05, 4.69) is 77.1 Å². The lowest BCUT2D eigenvalue weighted by atomic mass is 10.1. The maximum absolute atomic E-state index is 3.74. The van der Waals surface area contributed by atoms with Crippen LogP contribution in [0.25, 0.3) is 0 Å². The van der Waals surface area contributed by atoms with Gasteiger partial charge in [-0.3, -0.25) is 0 Å². The van der Waals surface area contributed by atoms with Gasteiger partial charge in [-0.15, -0.1) is 0 Å². The molecule has 0 aromatic heterocycles. The fourth-order valence-electron chi connectivity index (χ4n) is 2.51. The summed E-state index contributed by atoms with van der Waals surface area (Å²) < 4.78 is 1.21. The van der Waals surface area contributed by atoms with Crippen LogP contribution in [0.5, 0.6) is 0 Å². The molecule has 0 radical (unpaired) electrons. The molecule has 1 aromatic carbocycles. The number of hydrogen-bond donors (Lipinski definition) is 1. The quantitative estimate of drug-likeness (QED) is 0.909. The van der Waals surface area contributed by atoms with Gasteiger partial charge >= 0.3 is 0 Å². The van der Waals surface area contributed by atoms with E-state index in [9.17, 15) is 0 Å². The third-order valence-corrected chi connectivity index (χ3v) is 4.66. The molecule has 1 fully saturated rings. The minimum atomic E-state index is 0.520. The average molecular weight is 340 g/mol. The Morgan fingerprint density at radius 3 is 2.70 bits per heavy atom. The zero-order valence-electron chi connectivity index (χ0n) is 13.0. The second-order valence-electron chi connectivity index (χ2n) is 6.10. The Morgan fingerprint density at radius 1 is 1.35 bits per heavy atom. The van der Waals surface area contributed by atoms with Crippen LogP contribution in [0.4, 0.5) is 5.69 Å². The van der Waals surface area contributed by atoms with Crippen molar-refractivity contribution < 1.29 is 0 Å². The van der Waals surface area contributed by atoms with Crippen LogP contribution in [0, 0.1) is 0 Å². The molecule has 1 heterocycles. The lowest BCUT2D eigenvalue weighted by Crippen LogP contribution is -2.50. The molecule has 1 saturated heterocycles. The fourth-order valence-corrected chi connectivity index (χ4v) is 3.18. The predicted octanol–water partition coefficient (Wildman–Crippen LogP) is 3.09. The van der Waals surface area contributed by atoms with Crippen LogP contribution >= 0.6 is 15.9 Å². The van der Waals surface area contributed by atoms with Gasteiger partial charge < -0.3 is 15.1 Å². The van der Waals surface area contributed by atoms with Gasteiger partial charge in [0.25, 0.3) is 0 Å². The number of hydrogen-bond acceptors (Lipinski definition) is 3. The van der Waals surface area contributed by atoms with Crippen molar-refractivity contribution in [1.82, 2.24) is 10.2 Å². The summed E-state index contributed by atoms with van der Waals surface area (Å²) in [7, 11) is 2.21. The Labute approximate surface area is 131 Å². The number of piperazine rings is 1. The van der Waals surface area contributed by atoms with E-state index in [1.165, 1.54) is 15.7 Å². The Balaban J connectivity index is 2.06. The van der Waals surface area contributed by atoms with Gasteiger partial charge in [0.05, 0.1) is 5.69 Å². The number of likely N-dealkylation sites (N-methyl/N-ethyl adjacent to an activating group) is 1. The zero-order valence-corrected chi connectivity index (χ0v) is 14.6. The summed E-state index contributed by atoms with van der Waals surface area (Å²) in [6.45, 7) is 10.9. The molecule has 1 aromatic rings. The van der Waals surface area contributed by atoms with Crippen molar-refractivity contribution in [1.29, 1.82) is 0 Å². The van der Waals surface area contributed by atoms with Gasteiger partial charge in [-0.2, -0.15) is 0 Å². The van der Waals surface area contributed by atoms with E-state index in [4.69, 9.17) is 0 Å². The van der Waals surface area contributed by atoms with Crippen LogP contribution in [0.1, 0.15) is 26.3 Å². The van der Waals surface area contributed by atoms with Crippen molar-refractivity contribution in [2.45, 2.75) is 39.4 Å². The highest BCUT2D eigenvalue weighted by molar-refractivity contribution is 9.10. The third-order valence-electron chi connectivity index (χ3n) is 4.03. The van der Waals surface area contributed by atoms with Crippen molar-refractivity contribution in [3.63, 3.8) is 0 Å². The van der Waals surface area contributed by atoms with Crippen molar-refractivity contribution in [2.24, 2.45) is 0 Å². The third kappa shape index (κ3) is 3.96. The Hall–Kier alpha value is -0.580. The second kappa shape index (κ2) is 6.92. The summed E-state index contributed by atoms with van der Waals surface area (Å²) in [5.41, 5.74) is 2.65. The van der Waals surface area contributed by atoms with E-state index >= 15 is 0 Å². The van der Waals surface area contributed by atoms with Crippen LogP contribution in [0.2, 0.25) is 0 Å². The van der Waals surface area contributed by atoms with E-state index in [0.717, 1.165) is 26.2 Å². The first-order chi connectivity index (χ1) is 9.47. The van der Waals surface area contributed by atoms with E-state index in [1.54, 1.807) is 0 Å². The fraction of sp³-hybridized carbons (Fsp3) is 0.625. The molecule has 3 nitrogen and oxygen atoms in total. The van der Waals surface area contributed by atoms with E-state index < -0.39 is 0 Å². The van der Waals surface area contributed by atoms with Crippen molar-refractivity contribution >= 4 is 21.6 Å². The maximum atomic E-state index is 3.74. The van der Waals surface area contributed by atoms with Crippen LogP contribution in [0.3, 0.4) is 0 Å². The molecule has 1 atom stereocenters. The smallest absolute Gasteiger partial charge is 0.0511 e. The first kappa shape index (κ1) is 15.8. The summed E-state index contributed by atoms with van der Waals surface area (Å²) in [5.74, 6) is 0. The van der Waals surface area contributed by atoms with Crippen LogP contribution in [0.15, 0.2) is 22.7 Å². The molecular formula is C16H26BrN3. The molecule has 0 spiro atoms. The van der Waals surface area contributed by atoms with Gasteiger partial charge in [0.2, 0.25) is 0 Å². The monoisotopic (exact) mass is 339 g/mol. The molecule has 0 aliphatic carbocycles. The average Bonchev–Trinajstić information content (AvgIpc) is 2.40. The highest BCUT2D eigenvalue weighted by Gasteiger charge is 2.22. The zero-order chi connectivity index (χ0) is 14.7. The van der Waals surface area contributed by atoms with E-state index in [1.807, 2.05) is 0 Å². The SMILES string of the molecule is CC(C)NCc1ccc(N2CCN(C)C(C)C2)c(Br)c1. The molecule has 112 valence electrons. The Kier molecular flexibility index (Phi) is 5.47. The highest BCUT2D eigenvalue weighted by Crippen LogP contribution is 2.29. The maximum Gasteiger partial charge on any atom is 0.0511 e. The Bertz CT molecular complexity index is 447. The first-order valence-corrected chi connectivity index (χ1v) is 8.23. The first-order valence-electron chi connectivity index (χ1n) is 7.44. The topological polar surface area (TPSA) is 18.5 Å². The van der Waals surface area contributed by atoms with Gasteiger partial charge in [-0.05, 0) is 47.6 Å². The molecule has 20 heavy (non-hydrogen) atoms. The Morgan fingerprint density at radius 2 is 2.10 bits per heavy atom. The van der Waals surface area contributed by atoms with Crippen LogP contribution in [-0.2, 0) is 6.54 Å². The van der Waals surface area contributed by atoms with Crippen molar-refractivity contribution in [2.75, 3.05) is 31.6 Å². The summed E-state index contributed by atoms with van der Waals surface area (Å²) in [6.07, 6.45) is 0. The molecule has 2 rings (SSSR count). The van der Waals surface area contributed by atoms with Gasteiger partial charge in [0.1, 0.15) is 0 Å². The minimum absolute atomic E-state index is 0.520. The normalized spacial score (nSPS) is 20.7. The van der Waals surface area contributed by atoms with Crippen molar-refractivity contribution in [3.8, 4) is 0 Å². The molecule has 1 unspecified atom stereocenters. The summed E-state index contributed by atoms with van der Waals surface area (Å²) in [4.78, 5) is 4.90. The largest absolute Gasteiger partial charge is 0.368 e. The van der Waals surface area contributed by atoms with Crippen LogP contribution in [-0.4, -0.2) is 43.7 Å². The molecular weight excluding hydrogens is 314 g/mol. The number of nitrogens with one attached hydrogen (secondary N) is 1. The van der Waals surface area contributed by atoms with Crippen molar-refractivity contribution in [3.05, 3.63) is 28.2 Å². The number of anilines is 1. The number of halogens is 1. The molecule has 1 N–H and O–H groups in total. The lowest BCUT2D eigenvalue weighted by molar-refractivity contribution is 0.234. The molecule has 1 aliphatic rings. The predicted molar refractivity (Wildman–Crippen MR) is 90.4 cm³/mol. The highest BCUT2D eigenvalue weighted by atomic mass is 79.9. The molecule has 0 amide bonds. The minimum Gasteiger partial charge on any atom is -0.368 e. The molecule has 0 saturated carbocycles. The number of nitrogens with zero attached hydrogens (tertiary/aromatic N) is 2. The number of rotatable bonds is 4. The van der Waals surface area contributed by atoms with E-state index in [0.29, 0.717) is 12.1 Å².